The average Bonchev–Trinajstić information content (AvgIpc) is 2.59. The first kappa shape index (κ1) is 17.9. The molecule has 0 radical (unpaired) electrons. The first-order chi connectivity index (χ1) is 11.8. The molecule has 0 bridgehead atoms. The molecule has 0 saturated carbocycles. The monoisotopic (exact) mass is 343 g/mol. The van der Waals surface area contributed by atoms with E-state index in [9.17, 15) is 9.90 Å². The van der Waals surface area contributed by atoms with Gasteiger partial charge in [0, 0.05) is 25.7 Å². The summed E-state index contributed by atoms with van der Waals surface area (Å²) in [5, 5.41) is 10.7. The van der Waals surface area contributed by atoms with Crippen molar-refractivity contribution in [2.24, 2.45) is 12.5 Å². The zero-order valence-electron chi connectivity index (χ0n) is 16.0. The Hall–Kier alpha value is -1.88. The van der Waals surface area contributed by atoms with Gasteiger partial charge >= 0.3 is 0 Å². The van der Waals surface area contributed by atoms with Crippen molar-refractivity contribution >= 4 is 16.9 Å². The third-order valence-corrected chi connectivity index (χ3v) is 5.89. The third-order valence-electron chi connectivity index (χ3n) is 5.89. The number of aliphatic hydroxyl groups excluding tert-OH is 1. The lowest BCUT2D eigenvalue weighted by Crippen LogP contribution is -2.41. The molecule has 0 amide bonds. The Balaban J connectivity index is 2.11. The number of piperidine rings is 1. The zero-order chi connectivity index (χ0) is 18.4. The van der Waals surface area contributed by atoms with Crippen LogP contribution in [0.15, 0.2) is 16.9 Å². The molecule has 5 heteroatoms. The Bertz CT molecular complexity index is 846. The smallest absolute Gasteiger partial charge is 0.262 e. The summed E-state index contributed by atoms with van der Waals surface area (Å²) in [5.41, 5.74) is 2.65. The lowest BCUT2D eigenvalue weighted by Gasteiger charge is -2.39. The van der Waals surface area contributed by atoms with Crippen LogP contribution in [0.1, 0.15) is 57.3 Å². The highest BCUT2D eigenvalue weighted by atomic mass is 16.3. The summed E-state index contributed by atoms with van der Waals surface area (Å²) in [6.07, 6.45) is 2.74. The van der Waals surface area contributed by atoms with Gasteiger partial charge in [0.05, 0.1) is 17.0 Å². The van der Waals surface area contributed by atoms with E-state index in [4.69, 9.17) is 4.98 Å². The summed E-state index contributed by atoms with van der Waals surface area (Å²) in [6.45, 7) is 10.1. The van der Waals surface area contributed by atoms with E-state index in [1.54, 1.807) is 18.5 Å². The molecule has 1 aliphatic heterocycles. The minimum Gasteiger partial charge on any atom is -0.389 e. The normalized spacial score (nSPS) is 18.6. The van der Waals surface area contributed by atoms with Gasteiger partial charge in [0.25, 0.3) is 5.56 Å². The van der Waals surface area contributed by atoms with E-state index in [-0.39, 0.29) is 5.56 Å². The van der Waals surface area contributed by atoms with Crippen LogP contribution in [0.25, 0.3) is 10.9 Å². The third kappa shape index (κ3) is 3.17. The number of aryl methyl sites for hydroxylation is 1. The molecule has 1 aromatic carbocycles. The Kier molecular flexibility index (Phi) is 4.62. The molecule has 1 saturated heterocycles. The maximum atomic E-state index is 12.9. The summed E-state index contributed by atoms with van der Waals surface area (Å²) >= 11 is 0. The van der Waals surface area contributed by atoms with Crippen LogP contribution in [-0.4, -0.2) is 27.7 Å². The number of benzene rings is 1. The lowest BCUT2D eigenvalue weighted by molar-refractivity contribution is 0.200. The predicted molar refractivity (Wildman–Crippen MR) is 102 cm³/mol. The largest absolute Gasteiger partial charge is 0.389 e. The standard InChI is InChI=1S/C20H29N3O2/c1-6-20(4)7-9-23(10-8-20)19-21-17-15(14(3)24)11-13(2)12-16(17)18(25)22(19)5/h11-12,14,24H,6-10H2,1-5H3. The van der Waals surface area contributed by atoms with Crippen LogP contribution in [0.3, 0.4) is 0 Å². The van der Waals surface area contributed by atoms with E-state index >= 15 is 0 Å². The minimum absolute atomic E-state index is 0.0468. The van der Waals surface area contributed by atoms with Gasteiger partial charge in [0.2, 0.25) is 5.95 Å². The van der Waals surface area contributed by atoms with Crippen molar-refractivity contribution in [2.75, 3.05) is 18.0 Å². The Labute approximate surface area is 149 Å². The van der Waals surface area contributed by atoms with Crippen molar-refractivity contribution in [1.82, 2.24) is 9.55 Å². The fraction of sp³-hybridized carbons (Fsp3) is 0.600. The van der Waals surface area contributed by atoms with Crippen LogP contribution in [-0.2, 0) is 7.05 Å². The molecular weight excluding hydrogens is 314 g/mol. The van der Waals surface area contributed by atoms with Crippen molar-refractivity contribution in [2.45, 2.75) is 53.1 Å². The summed E-state index contributed by atoms with van der Waals surface area (Å²) in [4.78, 5) is 20.0. The average molecular weight is 343 g/mol. The molecule has 1 unspecified atom stereocenters. The summed E-state index contributed by atoms with van der Waals surface area (Å²) in [5.74, 6) is 0.710. The molecule has 3 rings (SSSR count). The number of aromatic nitrogens is 2. The van der Waals surface area contributed by atoms with Crippen molar-refractivity contribution < 1.29 is 5.11 Å². The van der Waals surface area contributed by atoms with E-state index in [0.29, 0.717) is 22.3 Å². The van der Waals surface area contributed by atoms with E-state index in [0.717, 1.165) is 37.1 Å². The quantitative estimate of drug-likeness (QED) is 0.929. The van der Waals surface area contributed by atoms with Gasteiger partial charge in [-0.1, -0.05) is 26.3 Å². The number of nitrogens with zero attached hydrogens (tertiary/aromatic N) is 3. The lowest BCUT2D eigenvalue weighted by atomic mass is 9.78. The molecule has 136 valence electrons. The fourth-order valence-electron chi connectivity index (χ4n) is 3.74. The first-order valence-electron chi connectivity index (χ1n) is 9.20. The Morgan fingerprint density at radius 3 is 2.52 bits per heavy atom. The van der Waals surface area contributed by atoms with E-state index in [2.05, 4.69) is 18.7 Å². The van der Waals surface area contributed by atoms with Gasteiger partial charge in [-0.05, 0) is 43.7 Å². The van der Waals surface area contributed by atoms with Crippen molar-refractivity contribution in [3.05, 3.63) is 33.6 Å². The molecule has 1 fully saturated rings. The fourth-order valence-corrected chi connectivity index (χ4v) is 3.74. The summed E-state index contributed by atoms with van der Waals surface area (Å²) < 4.78 is 1.65. The van der Waals surface area contributed by atoms with E-state index < -0.39 is 6.10 Å². The Morgan fingerprint density at radius 1 is 1.32 bits per heavy atom. The van der Waals surface area contributed by atoms with E-state index in [1.807, 2.05) is 19.1 Å². The topological polar surface area (TPSA) is 58.4 Å². The SMILES string of the molecule is CCC1(C)CCN(c2nc3c(C(C)O)cc(C)cc3c(=O)n2C)CC1. The molecule has 2 aromatic rings. The van der Waals surface area contributed by atoms with Crippen LogP contribution in [0.5, 0.6) is 0 Å². The number of aliphatic hydroxyl groups is 1. The molecule has 5 nitrogen and oxygen atoms in total. The second-order valence-electron chi connectivity index (χ2n) is 7.85. The van der Waals surface area contributed by atoms with Crippen molar-refractivity contribution in [1.29, 1.82) is 0 Å². The van der Waals surface area contributed by atoms with Gasteiger partial charge in [0.1, 0.15) is 0 Å². The summed E-state index contributed by atoms with van der Waals surface area (Å²) in [7, 11) is 1.79. The van der Waals surface area contributed by atoms with Crippen LogP contribution < -0.4 is 10.5 Å². The number of hydrogen-bond donors (Lipinski definition) is 1. The van der Waals surface area contributed by atoms with Gasteiger partial charge in [-0.15, -0.1) is 0 Å². The Morgan fingerprint density at radius 2 is 1.96 bits per heavy atom. The molecular formula is C20H29N3O2. The van der Waals surface area contributed by atoms with Crippen molar-refractivity contribution in [3.8, 4) is 0 Å². The molecule has 2 heterocycles. The van der Waals surface area contributed by atoms with Crippen LogP contribution >= 0.6 is 0 Å². The maximum Gasteiger partial charge on any atom is 0.262 e. The second-order valence-corrected chi connectivity index (χ2v) is 7.85. The maximum absolute atomic E-state index is 12.9. The molecule has 0 spiro atoms. The molecule has 1 N–H and O–H groups in total. The first-order valence-corrected chi connectivity index (χ1v) is 9.20. The van der Waals surface area contributed by atoms with Crippen LogP contribution in [0.4, 0.5) is 5.95 Å². The zero-order valence-corrected chi connectivity index (χ0v) is 16.0. The minimum atomic E-state index is -0.653. The number of rotatable bonds is 3. The molecule has 1 aromatic heterocycles. The van der Waals surface area contributed by atoms with E-state index in [1.165, 1.54) is 6.42 Å². The number of fused-ring (bicyclic) bond motifs is 1. The van der Waals surface area contributed by atoms with Gasteiger partial charge in [-0.3, -0.25) is 9.36 Å². The molecule has 1 aliphatic rings. The highest BCUT2D eigenvalue weighted by molar-refractivity contribution is 5.83. The second kappa shape index (κ2) is 6.45. The summed E-state index contributed by atoms with van der Waals surface area (Å²) in [6, 6.07) is 3.79. The van der Waals surface area contributed by atoms with Gasteiger partial charge in [-0.25, -0.2) is 4.98 Å². The molecule has 1 atom stereocenters. The number of hydrogen-bond acceptors (Lipinski definition) is 4. The van der Waals surface area contributed by atoms with Crippen LogP contribution in [0, 0.1) is 12.3 Å². The van der Waals surface area contributed by atoms with Gasteiger partial charge < -0.3 is 10.0 Å². The molecule has 25 heavy (non-hydrogen) atoms. The van der Waals surface area contributed by atoms with Crippen LogP contribution in [0.2, 0.25) is 0 Å². The van der Waals surface area contributed by atoms with Crippen molar-refractivity contribution in [3.63, 3.8) is 0 Å². The molecule has 0 aliphatic carbocycles. The number of anilines is 1. The predicted octanol–water partition coefficient (Wildman–Crippen LogP) is 3.31. The van der Waals surface area contributed by atoms with Gasteiger partial charge in [-0.2, -0.15) is 0 Å². The van der Waals surface area contributed by atoms with Gasteiger partial charge in [0.15, 0.2) is 0 Å². The highest BCUT2D eigenvalue weighted by Crippen LogP contribution is 2.35. The highest BCUT2D eigenvalue weighted by Gasteiger charge is 2.30.